The minimum absolute atomic E-state index is 0.762. The molecule has 1 aromatic rings. The largest absolute Gasteiger partial charge is 0.356 e. The van der Waals surface area contributed by atoms with Gasteiger partial charge in [-0.25, -0.2) is 0 Å². The maximum absolute atomic E-state index is 5.96. The number of guanidine groups is 1. The third-order valence-corrected chi connectivity index (χ3v) is 2.89. The number of hydrogen-bond acceptors (Lipinski definition) is 3. The quantitative estimate of drug-likeness (QED) is 0.827. The number of aryl methyl sites for hydroxylation is 1. The van der Waals surface area contributed by atoms with E-state index in [2.05, 4.69) is 22.5 Å². The number of rotatable bonds is 2. The standard InChI is InChI=1S/C12H16ClN3/c1-9-3-4-11(13)7-10(9)8-16-12-14-5-2-6-15-12/h3-4,7H,2,5-6,8H2,1H3,(H2,14,15,16). The maximum Gasteiger partial charge on any atom is 0.191 e. The summed E-state index contributed by atoms with van der Waals surface area (Å²) in [6.07, 6.45) is 1.11. The van der Waals surface area contributed by atoms with Gasteiger partial charge in [0.15, 0.2) is 5.96 Å². The molecule has 16 heavy (non-hydrogen) atoms. The zero-order valence-electron chi connectivity index (χ0n) is 9.39. The smallest absolute Gasteiger partial charge is 0.191 e. The van der Waals surface area contributed by atoms with E-state index < -0.39 is 0 Å². The van der Waals surface area contributed by atoms with Crippen LogP contribution in [0.15, 0.2) is 23.2 Å². The molecular formula is C12H16ClN3. The molecule has 0 aromatic heterocycles. The first-order chi connectivity index (χ1) is 7.75. The monoisotopic (exact) mass is 237 g/mol. The Hall–Kier alpha value is -1.22. The second-order valence-corrected chi connectivity index (χ2v) is 4.37. The van der Waals surface area contributed by atoms with Crippen LogP contribution in [0.4, 0.5) is 0 Å². The molecule has 86 valence electrons. The van der Waals surface area contributed by atoms with Gasteiger partial charge < -0.3 is 10.6 Å². The van der Waals surface area contributed by atoms with E-state index in [-0.39, 0.29) is 0 Å². The first-order valence-corrected chi connectivity index (χ1v) is 5.91. The summed E-state index contributed by atoms with van der Waals surface area (Å²) in [6.45, 7) is 4.76. The van der Waals surface area contributed by atoms with Crippen LogP contribution < -0.4 is 10.6 Å². The zero-order chi connectivity index (χ0) is 11.4. The average Bonchev–Trinajstić information content (AvgIpc) is 2.32. The van der Waals surface area contributed by atoms with Gasteiger partial charge in [-0.05, 0) is 36.6 Å². The van der Waals surface area contributed by atoms with Crippen LogP contribution in [-0.2, 0) is 6.54 Å². The SMILES string of the molecule is Cc1ccc(Cl)cc1CNC1=NCCCN1. The molecule has 1 aromatic carbocycles. The lowest BCUT2D eigenvalue weighted by atomic mass is 10.1. The third-order valence-electron chi connectivity index (χ3n) is 2.65. The number of aliphatic imine (C=N–C) groups is 1. The summed E-state index contributed by atoms with van der Waals surface area (Å²) in [5, 5.41) is 7.29. The Kier molecular flexibility index (Phi) is 3.67. The van der Waals surface area contributed by atoms with Crippen LogP contribution in [0.25, 0.3) is 0 Å². The molecule has 1 aliphatic rings. The molecule has 0 bridgehead atoms. The van der Waals surface area contributed by atoms with Crippen LogP contribution in [0.1, 0.15) is 17.5 Å². The summed E-state index contributed by atoms with van der Waals surface area (Å²) >= 11 is 5.96. The van der Waals surface area contributed by atoms with Crippen molar-refractivity contribution in [3.63, 3.8) is 0 Å². The van der Waals surface area contributed by atoms with Gasteiger partial charge in [-0.15, -0.1) is 0 Å². The van der Waals surface area contributed by atoms with Crippen molar-refractivity contribution < 1.29 is 0 Å². The summed E-state index contributed by atoms with van der Waals surface area (Å²) < 4.78 is 0. The molecule has 2 rings (SSSR count). The number of benzene rings is 1. The summed E-state index contributed by atoms with van der Waals surface area (Å²) in [7, 11) is 0. The Morgan fingerprint density at radius 2 is 2.38 bits per heavy atom. The number of nitrogens with one attached hydrogen (secondary N) is 2. The first-order valence-electron chi connectivity index (χ1n) is 5.53. The van der Waals surface area contributed by atoms with Crippen LogP contribution in [0, 0.1) is 6.92 Å². The van der Waals surface area contributed by atoms with Gasteiger partial charge in [-0.2, -0.15) is 0 Å². The highest BCUT2D eigenvalue weighted by Gasteiger charge is 2.04. The maximum atomic E-state index is 5.96. The molecule has 0 unspecified atom stereocenters. The molecule has 2 N–H and O–H groups in total. The Morgan fingerprint density at radius 3 is 3.12 bits per heavy atom. The van der Waals surface area contributed by atoms with Crippen LogP contribution in [0.5, 0.6) is 0 Å². The normalized spacial score (nSPS) is 15.2. The zero-order valence-corrected chi connectivity index (χ0v) is 10.1. The predicted molar refractivity (Wildman–Crippen MR) is 68.0 cm³/mol. The topological polar surface area (TPSA) is 36.4 Å². The van der Waals surface area contributed by atoms with Crippen molar-refractivity contribution in [1.29, 1.82) is 0 Å². The van der Waals surface area contributed by atoms with E-state index in [4.69, 9.17) is 11.6 Å². The Bertz CT molecular complexity index is 401. The van der Waals surface area contributed by atoms with Crippen molar-refractivity contribution in [2.45, 2.75) is 19.9 Å². The fourth-order valence-corrected chi connectivity index (χ4v) is 1.86. The molecular weight excluding hydrogens is 222 g/mol. The molecule has 0 spiro atoms. The second-order valence-electron chi connectivity index (χ2n) is 3.94. The molecule has 0 saturated heterocycles. The van der Waals surface area contributed by atoms with E-state index in [1.807, 2.05) is 18.2 Å². The van der Waals surface area contributed by atoms with Crippen molar-refractivity contribution in [2.24, 2.45) is 4.99 Å². The van der Waals surface area contributed by atoms with E-state index in [0.717, 1.165) is 37.0 Å². The molecule has 1 aliphatic heterocycles. The highest BCUT2D eigenvalue weighted by atomic mass is 35.5. The van der Waals surface area contributed by atoms with Gasteiger partial charge in [-0.3, -0.25) is 4.99 Å². The highest BCUT2D eigenvalue weighted by molar-refractivity contribution is 6.30. The molecule has 0 fully saturated rings. The average molecular weight is 238 g/mol. The molecule has 0 atom stereocenters. The second kappa shape index (κ2) is 5.21. The lowest BCUT2D eigenvalue weighted by Crippen LogP contribution is -2.40. The number of halogens is 1. The van der Waals surface area contributed by atoms with Crippen molar-refractivity contribution in [2.75, 3.05) is 13.1 Å². The van der Waals surface area contributed by atoms with Gasteiger partial charge >= 0.3 is 0 Å². The lowest BCUT2D eigenvalue weighted by Gasteiger charge is -2.16. The van der Waals surface area contributed by atoms with Crippen molar-refractivity contribution in [1.82, 2.24) is 10.6 Å². The van der Waals surface area contributed by atoms with Gasteiger partial charge in [0.1, 0.15) is 0 Å². The van der Waals surface area contributed by atoms with E-state index in [9.17, 15) is 0 Å². The van der Waals surface area contributed by atoms with E-state index >= 15 is 0 Å². The van der Waals surface area contributed by atoms with Crippen molar-refractivity contribution >= 4 is 17.6 Å². The Labute approximate surface area is 101 Å². The summed E-state index contributed by atoms with van der Waals surface area (Å²) in [6, 6.07) is 5.94. The van der Waals surface area contributed by atoms with E-state index in [0.29, 0.717) is 0 Å². The van der Waals surface area contributed by atoms with Gasteiger partial charge in [0.2, 0.25) is 0 Å². The van der Waals surface area contributed by atoms with Crippen molar-refractivity contribution in [3.8, 4) is 0 Å². The fraction of sp³-hybridized carbons (Fsp3) is 0.417. The van der Waals surface area contributed by atoms with Crippen LogP contribution in [0.3, 0.4) is 0 Å². The third kappa shape index (κ3) is 2.89. The summed E-state index contributed by atoms with van der Waals surface area (Å²) in [4.78, 5) is 4.36. The summed E-state index contributed by atoms with van der Waals surface area (Å²) in [5.41, 5.74) is 2.45. The van der Waals surface area contributed by atoms with Crippen LogP contribution in [0.2, 0.25) is 5.02 Å². The lowest BCUT2D eigenvalue weighted by molar-refractivity contribution is 0.701. The van der Waals surface area contributed by atoms with Gasteiger partial charge in [-0.1, -0.05) is 17.7 Å². The minimum atomic E-state index is 0.762. The molecule has 4 heteroatoms. The van der Waals surface area contributed by atoms with Crippen molar-refractivity contribution in [3.05, 3.63) is 34.3 Å². The van der Waals surface area contributed by atoms with E-state index in [1.165, 1.54) is 11.1 Å². The minimum Gasteiger partial charge on any atom is -0.356 e. The van der Waals surface area contributed by atoms with Crippen LogP contribution >= 0.6 is 11.6 Å². The Morgan fingerprint density at radius 1 is 1.50 bits per heavy atom. The molecule has 1 heterocycles. The highest BCUT2D eigenvalue weighted by Crippen LogP contribution is 2.15. The number of hydrogen-bond donors (Lipinski definition) is 2. The van der Waals surface area contributed by atoms with Gasteiger partial charge in [0.05, 0.1) is 0 Å². The number of nitrogens with zero attached hydrogens (tertiary/aromatic N) is 1. The molecule has 0 radical (unpaired) electrons. The van der Waals surface area contributed by atoms with E-state index in [1.54, 1.807) is 0 Å². The Balaban J connectivity index is 1.98. The first kappa shape index (κ1) is 11.3. The fourth-order valence-electron chi connectivity index (χ4n) is 1.66. The van der Waals surface area contributed by atoms with Crippen LogP contribution in [-0.4, -0.2) is 19.0 Å². The molecule has 0 amide bonds. The van der Waals surface area contributed by atoms with Gasteiger partial charge in [0.25, 0.3) is 0 Å². The molecule has 3 nitrogen and oxygen atoms in total. The molecule has 0 saturated carbocycles. The predicted octanol–water partition coefficient (Wildman–Crippen LogP) is 2.09. The van der Waals surface area contributed by atoms with Gasteiger partial charge in [0, 0.05) is 24.7 Å². The molecule has 0 aliphatic carbocycles. The summed E-state index contributed by atoms with van der Waals surface area (Å²) in [5.74, 6) is 0.894.